The van der Waals surface area contributed by atoms with Crippen molar-refractivity contribution in [3.63, 3.8) is 0 Å². The van der Waals surface area contributed by atoms with Crippen molar-refractivity contribution in [3.05, 3.63) is 30.8 Å². The third-order valence-electron chi connectivity index (χ3n) is 2.10. The maximum atomic E-state index is 5.23. The van der Waals surface area contributed by atoms with E-state index in [-0.39, 0.29) is 0 Å². The molecule has 0 aliphatic heterocycles. The fraction of sp³-hybridized carbons (Fsp3) is 0.182. The predicted molar refractivity (Wildman–Crippen MR) is 55.0 cm³/mol. The average molecular weight is 205 g/mol. The topological polar surface area (TPSA) is 44.5 Å². The summed E-state index contributed by atoms with van der Waals surface area (Å²) in [5, 5.41) is 0. The van der Waals surface area contributed by atoms with Crippen LogP contribution < -0.4 is 9.47 Å². The molecule has 1 heterocycles. The van der Waals surface area contributed by atoms with Gasteiger partial charge in [0, 0.05) is 0 Å². The molecule has 78 valence electrons. The molecule has 0 fully saturated rings. The van der Waals surface area contributed by atoms with Gasteiger partial charge in [-0.2, -0.15) is 0 Å². The standard InChI is InChI=1S/C11H11NO3/c1-13-8-3-4-10(14-2)9(5-8)11-6-12-7-15-11/h3-7H,1-2H3. The van der Waals surface area contributed by atoms with E-state index in [4.69, 9.17) is 13.9 Å². The normalized spacial score (nSPS) is 10.0. The lowest BCUT2D eigenvalue weighted by atomic mass is 10.1. The fourth-order valence-electron chi connectivity index (χ4n) is 1.36. The van der Waals surface area contributed by atoms with E-state index in [1.54, 1.807) is 20.4 Å². The van der Waals surface area contributed by atoms with Crippen LogP contribution in [0.5, 0.6) is 11.5 Å². The van der Waals surface area contributed by atoms with Crippen molar-refractivity contribution in [1.82, 2.24) is 4.98 Å². The van der Waals surface area contributed by atoms with Gasteiger partial charge in [-0.1, -0.05) is 0 Å². The monoisotopic (exact) mass is 205 g/mol. The Morgan fingerprint density at radius 2 is 2.07 bits per heavy atom. The van der Waals surface area contributed by atoms with Crippen molar-refractivity contribution >= 4 is 0 Å². The lowest BCUT2D eigenvalue weighted by Crippen LogP contribution is -1.89. The molecule has 0 unspecified atom stereocenters. The van der Waals surface area contributed by atoms with E-state index >= 15 is 0 Å². The second kappa shape index (κ2) is 4.04. The minimum absolute atomic E-state index is 0.658. The second-order valence-corrected chi connectivity index (χ2v) is 2.93. The molecule has 0 saturated carbocycles. The molecule has 0 atom stereocenters. The number of nitrogens with zero attached hydrogens (tertiary/aromatic N) is 1. The van der Waals surface area contributed by atoms with Gasteiger partial charge in [-0.25, -0.2) is 4.98 Å². The molecule has 0 spiro atoms. The highest BCUT2D eigenvalue weighted by atomic mass is 16.5. The van der Waals surface area contributed by atoms with E-state index < -0.39 is 0 Å². The van der Waals surface area contributed by atoms with Crippen LogP contribution in [0.2, 0.25) is 0 Å². The summed E-state index contributed by atoms with van der Waals surface area (Å²) in [6, 6.07) is 5.51. The zero-order valence-electron chi connectivity index (χ0n) is 8.56. The number of benzene rings is 1. The number of methoxy groups -OCH3 is 2. The number of aromatic nitrogens is 1. The molecule has 1 aromatic heterocycles. The Labute approximate surface area is 87.5 Å². The lowest BCUT2D eigenvalue weighted by Gasteiger charge is -2.07. The van der Waals surface area contributed by atoms with E-state index in [9.17, 15) is 0 Å². The van der Waals surface area contributed by atoms with Crippen LogP contribution in [-0.2, 0) is 0 Å². The quantitative estimate of drug-likeness (QED) is 0.771. The molecule has 2 rings (SSSR count). The molecule has 1 aromatic carbocycles. The number of hydrogen-bond donors (Lipinski definition) is 0. The van der Waals surface area contributed by atoms with Gasteiger partial charge < -0.3 is 13.9 Å². The summed E-state index contributed by atoms with van der Waals surface area (Å²) in [6.45, 7) is 0. The highest BCUT2D eigenvalue weighted by molar-refractivity contribution is 5.67. The van der Waals surface area contributed by atoms with Crippen LogP contribution in [0.15, 0.2) is 35.2 Å². The van der Waals surface area contributed by atoms with Crippen LogP contribution >= 0.6 is 0 Å². The fourth-order valence-corrected chi connectivity index (χ4v) is 1.36. The third kappa shape index (κ3) is 1.79. The van der Waals surface area contributed by atoms with Crippen LogP contribution in [-0.4, -0.2) is 19.2 Å². The van der Waals surface area contributed by atoms with Crippen molar-refractivity contribution in [1.29, 1.82) is 0 Å². The van der Waals surface area contributed by atoms with Crippen molar-refractivity contribution in [2.24, 2.45) is 0 Å². The molecule has 0 amide bonds. The van der Waals surface area contributed by atoms with Gasteiger partial charge in [-0.15, -0.1) is 0 Å². The number of rotatable bonds is 3. The van der Waals surface area contributed by atoms with Crippen LogP contribution in [0.4, 0.5) is 0 Å². The maximum absolute atomic E-state index is 5.23. The van der Waals surface area contributed by atoms with Crippen LogP contribution in [0.1, 0.15) is 0 Å². The Morgan fingerprint density at radius 1 is 1.20 bits per heavy atom. The molecular formula is C11H11NO3. The Hall–Kier alpha value is -1.97. The molecule has 0 bridgehead atoms. The van der Waals surface area contributed by atoms with Crippen LogP contribution in [0, 0.1) is 0 Å². The van der Waals surface area contributed by atoms with E-state index in [1.807, 2.05) is 18.2 Å². The molecule has 2 aromatic rings. The minimum Gasteiger partial charge on any atom is -0.497 e. The summed E-state index contributed by atoms with van der Waals surface area (Å²) in [4.78, 5) is 3.87. The smallest absolute Gasteiger partial charge is 0.181 e. The van der Waals surface area contributed by atoms with Gasteiger partial charge in [0.1, 0.15) is 11.5 Å². The highest BCUT2D eigenvalue weighted by Crippen LogP contribution is 2.32. The zero-order chi connectivity index (χ0) is 10.7. The van der Waals surface area contributed by atoms with E-state index in [0.717, 1.165) is 17.1 Å². The third-order valence-corrected chi connectivity index (χ3v) is 2.10. The molecule has 0 aliphatic rings. The Morgan fingerprint density at radius 3 is 2.67 bits per heavy atom. The Bertz CT molecular complexity index is 437. The number of oxazole rings is 1. The summed E-state index contributed by atoms with van der Waals surface area (Å²) in [5.74, 6) is 2.14. The maximum Gasteiger partial charge on any atom is 0.181 e. The van der Waals surface area contributed by atoms with Crippen molar-refractivity contribution < 1.29 is 13.9 Å². The summed E-state index contributed by atoms with van der Waals surface area (Å²) >= 11 is 0. The number of hydrogen-bond acceptors (Lipinski definition) is 4. The SMILES string of the molecule is COc1ccc(OC)c(-c2cnco2)c1. The van der Waals surface area contributed by atoms with Crippen LogP contribution in [0.25, 0.3) is 11.3 Å². The van der Waals surface area contributed by atoms with Crippen molar-refractivity contribution in [3.8, 4) is 22.8 Å². The first-order valence-corrected chi connectivity index (χ1v) is 4.46. The molecule has 15 heavy (non-hydrogen) atoms. The largest absolute Gasteiger partial charge is 0.497 e. The Kier molecular flexibility index (Phi) is 2.58. The lowest BCUT2D eigenvalue weighted by molar-refractivity contribution is 0.403. The van der Waals surface area contributed by atoms with Crippen LogP contribution in [0.3, 0.4) is 0 Å². The first-order valence-electron chi connectivity index (χ1n) is 4.46. The predicted octanol–water partition coefficient (Wildman–Crippen LogP) is 2.36. The van der Waals surface area contributed by atoms with Gasteiger partial charge in [0.25, 0.3) is 0 Å². The summed E-state index contributed by atoms with van der Waals surface area (Å²) in [5.41, 5.74) is 0.828. The van der Waals surface area contributed by atoms with Crippen molar-refractivity contribution in [2.45, 2.75) is 0 Å². The van der Waals surface area contributed by atoms with Crippen molar-refractivity contribution in [2.75, 3.05) is 14.2 Å². The molecular weight excluding hydrogens is 194 g/mol. The molecule has 0 N–H and O–H groups in total. The van der Waals surface area contributed by atoms with E-state index in [0.29, 0.717) is 5.76 Å². The molecule has 0 radical (unpaired) electrons. The molecule has 4 heteroatoms. The van der Waals surface area contributed by atoms with Gasteiger partial charge >= 0.3 is 0 Å². The molecule has 0 saturated heterocycles. The van der Waals surface area contributed by atoms with Gasteiger partial charge in [0.15, 0.2) is 12.2 Å². The second-order valence-electron chi connectivity index (χ2n) is 2.93. The van der Waals surface area contributed by atoms with Gasteiger partial charge in [-0.05, 0) is 18.2 Å². The zero-order valence-corrected chi connectivity index (χ0v) is 8.56. The van der Waals surface area contributed by atoms with E-state index in [2.05, 4.69) is 4.98 Å². The molecule has 4 nitrogen and oxygen atoms in total. The van der Waals surface area contributed by atoms with Gasteiger partial charge in [0.2, 0.25) is 0 Å². The van der Waals surface area contributed by atoms with Gasteiger partial charge in [-0.3, -0.25) is 0 Å². The minimum atomic E-state index is 0.658. The summed E-state index contributed by atoms with van der Waals surface area (Å²) < 4.78 is 15.6. The van der Waals surface area contributed by atoms with Gasteiger partial charge in [0.05, 0.1) is 26.0 Å². The molecule has 0 aliphatic carbocycles. The first kappa shape index (κ1) is 9.58. The first-order chi connectivity index (χ1) is 7.35. The number of ether oxygens (including phenoxy) is 2. The summed E-state index contributed by atoms with van der Waals surface area (Å²) in [6.07, 6.45) is 3.02. The van der Waals surface area contributed by atoms with E-state index in [1.165, 1.54) is 6.39 Å². The highest BCUT2D eigenvalue weighted by Gasteiger charge is 2.09. The average Bonchev–Trinajstić information content (AvgIpc) is 2.81. The summed E-state index contributed by atoms with van der Waals surface area (Å²) in [7, 11) is 3.23. The Balaban J connectivity index is 2.52.